The molecule has 1 atom stereocenters. The van der Waals surface area contributed by atoms with Crippen molar-refractivity contribution in [2.45, 2.75) is 26.4 Å². The van der Waals surface area contributed by atoms with Crippen molar-refractivity contribution in [3.8, 4) is 11.5 Å². The number of hydrogen-bond acceptors (Lipinski definition) is 3. The van der Waals surface area contributed by atoms with Gasteiger partial charge in [0.1, 0.15) is 17.5 Å². The van der Waals surface area contributed by atoms with E-state index in [1.165, 1.54) is 5.56 Å². The van der Waals surface area contributed by atoms with Gasteiger partial charge in [0, 0.05) is 42.3 Å². The summed E-state index contributed by atoms with van der Waals surface area (Å²) in [5.41, 5.74) is 5.12. The summed E-state index contributed by atoms with van der Waals surface area (Å²) < 4.78 is 13.2. The Morgan fingerprint density at radius 2 is 1.83 bits per heavy atom. The average Bonchev–Trinajstić information content (AvgIpc) is 3.24. The molecule has 2 heterocycles. The van der Waals surface area contributed by atoms with Gasteiger partial charge in [0.15, 0.2) is 0 Å². The Kier molecular flexibility index (Phi) is 5.40. The van der Waals surface area contributed by atoms with Crippen LogP contribution in [0.2, 0.25) is 0 Å². The van der Waals surface area contributed by atoms with Crippen molar-refractivity contribution >= 4 is 11.7 Å². The van der Waals surface area contributed by atoms with E-state index in [4.69, 9.17) is 9.47 Å². The quantitative estimate of drug-likeness (QED) is 0.681. The lowest BCUT2D eigenvalue weighted by atomic mass is 9.99. The molecule has 0 unspecified atom stereocenters. The first-order valence-electron chi connectivity index (χ1n) is 10.0. The molecule has 0 fully saturated rings. The number of methoxy groups -OCH3 is 2. The van der Waals surface area contributed by atoms with Crippen LogP contribution in [0.15, 0.2) is 54.7 Å². The molecule has 0 spiro atoms. The molecule has 156 valence electrons. The normalized spacial score (nSPS) is 15.5. The molecule has 1 aliphatic heterocycles. The average molecular weight is 405 g/mol. The lowest BCUT2D eigenvalue weighted by molar-refractivity contribution is 0.180. The van der Waals surface area contributed by atoms with E-state index in [1.807, 2.05) is 54.3 Å². The predicted octanol–water partition coefficient (Wildman–Crippen LogP) is 4.76. The molecule has 3 aromatic rings. The van der Waals surface area contributed by atoms with Crippen molar-refractivity contribution in [2.75, 3.05) is 26.1 Å². The molecule has 0 saturated heterocycles. The number of ether oxygens (including phenoxy) is 2. The topological polar surface area (TPSA) is 55.7 Å². The Bertz CT molecular complexity index is 1070. The van der Waals surface area contributed by atoms with Crippen molar-refractivity contribution in [3.05, 3.63) is 77.1 Å². The number of carbonyl (C=O) groups excluding carboxylic acids is 1. The zero-order chi connectivity index (χ0) is 21.3. The number of nitrogens with one attached hydrogen (secondary N) is 1. The molecule has 6 heteroatoms. The minimum absolute atomic E-state index is 0.131. The molecule has 2 aromatic carbocycles. The third kappa shape index (κ3) is 3.61. The van der Waals surface area contributed by atoms with E-state index in [0.29, 0.717) is 18.0 Å². The van der Waals surface area contributed by atoms with Crippen LogP contribution >= 0.6 is 0 Å². The molecule has 0 radical (unpaired) electrons. The highest BCUT2D eigenvalue weighted by Crippen LogP contribution is 2.39. The van der Waals surface area contributed by atoms with Crippen molar-refractivity contribution in [2.24, 2.45) is 0 Å². The molecule has 1 aromatic heterocycles. The molecule has 1 aliphatic rings. The number of aryl methyl sites for hydroxylation is 2. The predicted molar refractivity (Wildman–Crippen MR) is 117 cm³/mol. The Hall–Kier alpha value is -3.41. The number of anilines is 1. The van der Waals surface area contributed by atoms with Crippen LogP contribution in [0, 0.1) is 13.8 Å². The minimum atomic E-state index is -0.263. The van der Waals surface area contributed by atoms with Gasteiger partial charge in [0.25, 0.3) is 0 Å². The summed E-state index contributed by atoms with van der Waals surface area (Å²) in [7, 11) is 3.27. The number of aromatic nitrogens is 1. The van der Waals surface area contributed by atoms with Crippen LogP contribution in [0.3, 0.4) is 0 Å². The molecule has 6 nitrogen and oxygen atoms in total. The van der Waals surface area contributed by atoms with Crippen LogP contribution in [0.5, 0.6) is 11.5 Å². The van der Waals surface area contributed by atoms with Gasteiger partial charge in [-0.25, -0.2) is 4.79 Å². The van der Waals surface area contributed by atoms with Gasteiger partial charge in [0.2, 0.25) is 0 Å². The standard InChI is InChI=1S/C24H27N3O3/c1-16-7-8-18(14-17(16)2)25-24(28)27-13-12-26-11-5-6-21(26)23(27)20-10-9-19(29-3)15-22(20)30-4/h5-11,14-15,23H,12-13H2,1-4H3,(H,25,28)/t23-/m1/s1. The molecule has 0 saturated carbocycles. The Balaban J connectivity index is 1.72. The highest BCUT2D eigenvalue weighted by Gasteiger charge is 2.34. The van der Waals surface area contributed by atoms with Gasteiger partial charge < -0.3 is 24.3 Å². The fourth-order valence-electron chi connectivity index (χ4n) is 3.99. The molecular weight excluding hydrogens is 378 g/mol. The number of amides is 2. The monoisotopic (exact) mass is 405 g/mol. The second-order valence-corrected chi connectivity index (χ2v) is 7.56. The number of hydrogen-bond donors (Lipinski definition) is 1. The summed E-state index contributed by atoms with van der Waals surface area (Å²) in [4.78, 5) is 15.2. The number of benzene rings is 2. The largest absolute Gasteiger partial charge is 0.497 e. The summed E-state index contributed by atoms with van der Waals surface area (Å²) in [6.07, 6.45) is 2.05. The van der Waals surface area contributed by atoms with Gasteiger partial charge in [-0.15, -0.1) is 0 Å². The summed E-state index contributed by atoms with van der Waals surface area (Å²) in [6.45, 7) is 5.45. The summed E-state index contributed by atoms with van der Waals surface area (Å²) in [6, 6.07) is 15.4. The molecule has 0 aliphatic carbocycles. The van der Waals surface area contributed by atoms with E-state index in [9.17, 15) is 4.79 Å². The second-order valence-electron chi connectivity index (χ2n) is 7.56. The number of rotatable bonds is 4. The van der Waals surface area contributed by atoms with Crippen LogP contribution < -0.4 is 14.8 Å². The molecule has 1 N–H and O–H groups in total. The van der Waals surface area contributed by atoms with Crippen molar-refractivity contribution in [1.82, 2.24) is 9.47 Å². The van der Waals surface area contributed by atoms with E-state index in [2.05, 4.69) is 29.1 Å². The number of fused-ring (bicyclic) bond motifs is 1. The van der Waals surface area contributed by atoms with Gasteiger partial charge in [0.05, 0.1) is 14.2 Å². The second kappa shape index (κ2) is 8.14. The van der Waals surface area contributed by atoms with Crippen LogP contribution in [0.4, 0.5) is 10.5 Å². The summed E-state index contributed by atoms with van der Waals surface area (Å²) in [5, 5.41) is 3.07. The Morgan fingerprint density at radius 1 is 1.00 bits per heavy atom. The first-order valence-corrected chi connectivity index (χ1v) is 10.0. The van der Waals surface area contributed by atoms with Crippen LogP contribution in [-0.2, 0) is 6.54 Å². The van der Waals surface area contributed by atoms with Crippen LogP contribution in [0.1, 0.15) is 28.4 Å². The van der Waals surface area contributed by atoms with Crippen LogP contribution in [0.25, 0.3) is 0 Å². The van der Waals surface area contributed by atoms with Gasteiger partial charge in [-0.05, 0) is 61.4 Å². The third-order valence-electron chi connectivity index (χ3n) is 5.79. The zero-order valence-corrected chi connectivity index (χ0v) is 17.8. The van der Waals surface area contributed by atoms with E-state index in [0.717, 1.165) is 29.1 Å². The molecular formula is C24H27N3O3. The van der Waals surface area contributed by atoms with Crippen molar-refractivity contribution in [1.29, 1.82) is 0 Å². The smallest absolute Gasteiger partial charge is 0.322 e. The fourth-order valence-corrected chi connectivity index (χ4v) is 3.99. The first-order chi connectivity index (χ1) is 14.5. The molecule has 4 rings (SSSR count). The number of nitrogens with zero attached hydrogens (tertiary/aromatic N) is 2. The highest BCUT2D eigenvalue weighted by molar-refractivity contribution is 5.90. The Labute approximate surface area is 177 Å². The lowest BCUT2D eigenvalue weighted by Crippen LogP contribution is -2.44. The SMILES string of the molecule is COc1ccc([C@@H]2c3cccn3CCN2C(=O)Nc2ccc(C)c(C)c2)c(OC)c1. The molecule has 2 amide bonds. The number of carbonyl (C=O) groups is 1. The summed E-state index contributed by atoms with van der Waals surface area (Å²) in [5.74, 6) is 1.41. The van der Waals surface area contributed by atoms with E-state index < -0.39 is 0 Å². The minimum Gasteiger partial charge on any atom is -0.497 e. The maximum atomic E-state index is 13.3. The van der Waals surface area contributed by atoms with Gasteiger partial charge in [-0.3, -0.25) is 0 Å². The highest BCUT2D eigenvalue weighted by atomic mass is 16.5. The van der Waals surface area contributed by atoms with Gasteiger partial charge in [-0.1, -0.05) is 6.07 Å². The van der Waals surface area contributed by atoms with E-state index in [-0.39, 0.29) is 12.1 Å². The van der Waals surface area contributed by atoms with Crippen molar-refractivity contribution in [3.63, 3.8) is 0 Å². The van der Waals surface area contributed by atoms with Crippen molar-refractivity contribution < 1.29 is 14.3 Å². The van der Waals surface area contributed by atoms with E-state index >= 15 is 0 Å². The molecule has 0 bridgehead atoms. The van der Waals surface area contributed by atoms with Gasteiger partial charge in [-0.2, -0.15) is 0 Å². The summed E-state index contributed by atoms with van der Waals surface area (Å²) >= 11 is 0. The van der Waals surface area contributed by atoms with Gasteiger partial charge >= 0.3 is 6.03 Å². The maximum absolute atomic E-state index is 13.3. The Morgan fingerprint density at radius 3 is 2.57 bits per heavy atom. The van der Waals surface area contributed by atoms with Crippen LogP contribution in [-0.4, -0.2) is 36.3 Å². The number of urea groups is 1. The third-order valence-corrected chi connectivity index (χ3v) is 5.79. The maximum Gasteiger partial charge on any atom is 0.322 e. The molecule has 30 heavy (non-hydrogen) atoms. The fraction of sp³-hybridized carbons (Fsp3) is 0.292. The van der Waals surface area contributed by atoms with E-state index in [1.54, 1.807) is 14.2 Å². The zero-order valence-electron chi connectivity index (χ0n) is 17.8. The lowest BCUT2D eigenvalue weighted by Gasteiger charge is -2.37. The first kappa shape index (κ1) is 19.9.